The predicted molar refractivity (Wildman–Crippen MR) is 77.4 cm³/mol. The van der Waals surface area contributed by atoms with Gasteiger partial charge in [0.1, 0.15) is 0 Å². The Morgan fingerprint density at radius 1 is 0.895 bits per heavy atom. The van der Waals surface area contributed by atoms with Crippen molar-refractivity contribution in [2.24, 2.45) is 5.73 Å². The second-order valence-electron chi connectivity index (χ2n) is 4.43. The third kappa shape index (κ3) is 2.28. The van der Waals surface area contributed by atoms with Crippen LogP contribution in [0.15, 0.2) is 60.8 Å². The largest absolute Gasteiger partial charge is 0.326 e. The van der Waals surface area contributed by atoms with Crippen LogP contribution in [0.3, 0.4) is 0 Å². The summed E-state index contributed by atoms with van der Waals surface area (Å²) in [5, 5.41) is 7.24. The third-order valence-corrected chi connectivity index (χ3v) is 3.20. The van der Waals surface area contributed by atoms with Gasteiger partial charge in [-0.2, -0.15) is 5.10 Å². The van der Waals surface area contributed by atoms with Gasteiger partial charge in [-0.1, -0.05) is 54.6 Å². The van der Waals surface area contributed by atoms with Gasteiger partial charge in [-0.05, 0) is 11.1 Å². The Morgan fingerprint density at radius 3 is 2.32 bits per heavy atom. The number of aromatic nitrogens is 2. The Kier molecular flexibility index (Phi) is 3.12. The average molecular weight is 249 g/mol. The molecule has 0 unspecified atom stereocenters. The summed E-state index contributed by atoms with van der Waals surface area (Å²) < 4.78 is 0. The van der Waals surface area contributed by atoms with Crippen LogP contribution >= 0.6 is 0 Å². The quantitative estimate of drug-likeness (QED) is 0.749. The van der Waals surface area contributed by atoms with E-state index in [2.05, 4.69) is 46.6 Å². The second-order valence-corrected chi connectivity index (χ2v) is 4.43. The van der Waals surface area contributed by atoms with Crippen molar-refractivity contribution >= 4 is 0 Å². The van der Waals surface area contributed by atoms with Crippen LogP contribution in [0.1, 0.15) is 5.56 Å². The minimum absolute atomic E-state index is 0.567. The molecule has 2 aromatic carbocycles. The van der Waals surface area contributed by atoms with Gasteiger partial charge >= 0.3 is 0 Å². The smallest absolute Gasteiger partial charge is 0.0728 e. The van der Waals surface area contributed by atoms with Gasteiger partial charge in [0.15, 0.2) is 0 Å². The molecule has 0 aliphatic rings. The molecule has 3 N–H and O–H groups in total. The molecule has 0 radical (unpaired) electrons. The molecule has 94 valence electrons. The highest BCUT2D eigenvalue weighted by atomic mass is 15.1. The minimum atomic E-state index is 0.567. The molecular formula is C16H15N3. The molecule has 3 aromatic rings. The Labute approximate surface area is 112 Å². The summed E-state index contributed by atoms with van der Waals surface area (Å²) in [6, 6.07) is 18.5. The fraction of sp³-hybridized carbons (Fsp3) is 0.0625. The minimum Gasteiger partial charge on any atom is -0.326 e. The summed E-state index contributed by atoms with van der Waals surface area (Å²) in [6.07, 6.45) is 1.86. The monoisotopic (exact) mass is 249 g/mol. The number of hydrogen-bond acceptors (Lipinski definition) is 2. The lowest BCUT2D eigenvalue weighted by molar-refractivity contribution is 1.07. The number of rotatable bonds is 3. The molecule has 0 saturated heterocycles. The van der Waals surface area contributed by atoms with Crippen LogP contribution in [-0.2, 0) is 6.54 Å². The van der Waals surface area contributed by atoms with Crippen LogP contribution in [0, 0.1) is 0 Å². The molecule has 0 spiro atoms. The fourth-order valence-electron chi connectivity index (χ4n) is 2.15. The van der Waals surface area contributed by atoms with Crippen molar-refractivity contribution in [1.82, 2.24) is 10.2 Å². The zero-order valence-corrected chi connectivity index (χ0v) is 10.5. The average Bonchev–Trinajstić information content (AvgIpc) is 2.98. The molecule has 0 amide bonds. The SMILES string of the molecule is NCc1ccc(-c2cn[nH]c2-c2ccccc2)cc1. The van der Waals surface area contributed by atoms with E-state index in [1.165, 1.54) is 0 Å². The summed E-state index contributed by atoms with van der Waals surface area (Å²) in [4.78, 5) is 0. The number of nitrogens with one attached hydrogen (secondary N) is 1. The van der Waals surface area contributed by atoms with Crippen molar-refractivity contribution in [1.29, 1.82) is 0 Å². The van der Waals surface area contributed by atoms with E-state index >= 15 is 0 Å². The van der Waals surface area contributed by atoms with Gasteiger partial charge in [0.2, 0.25) is 0 Å². The Morgan fingerprint density at radius 2 is 1.63 bits per heavy atom. The van der Waals surface area contributed by atoms with E-state index in [-0.39, 0.29) is 0 Å². The first kappa shape index (κ1) is 11.7. The van der Waals surface area contributed by atoms with Gasteiger partial charge < -0.3 is 5.73 Å². The second kappa shape index (κ2) is 5.08. The van der Waals surface area contributed by atoms with E-state index in [0.29, 0.717) is 6.54 Å². The zero-order chi connectivity index (χ0) is 13.1. The first-order valence-electron chi connectivity index (χ1n) is 6.26. The summed E-state index contributed by atoms with van der Waals surface area (Å²) in [6.45, 7) is 0.567. The normalized spacial score (nSPS) is 10.6. The number of nitrogens with two attached hydrogens (primary N) is 1. The third-order valence-electron chi connectivity index (χ3n) is 3.20. The molecule has 19 heavy (non-hydrogen) atoms. The van der Waals surface area contributed by atoms with E-state index in [1.54, 1.807) is 0 Å². The Hall–Kier alpha value is -2.39. The lowest BCUT2D eigenvalue weighted by atomic mass is 10.0. The summed E-state index contributed by atoms with van der Waals surface area (Å²) >= 11 is 0. The van der Waals surface area contributed by atoms with Crippen molar-refractivity contribution in [3.8, 4) is 22.4 Å². The summed E-state index contributed by atoms with van der Waals surface area (Å²) in [5.74, 6) is 0. The fourth-order valence-corrected chi connectivity index (χ4v) is 2.15. The van der Waals surface area contributed by atoms with Crippen molar-refractivity contribution in [3.63, 3.8) is 0 Å². The van der Waals surface area contributed by atoms with Gasteiger partial charge in [-0.25, -0.2) is 0 Å². The van der Waals surface area contributed by atoms with Gasteiger partial charge in [0.05, 0.1) is 11.9 Å². The summed E-state index contributed by atoms with van der Waals surface area (Å²) in [5.41, 5.74) is 11.2. The molecule has 0 saturated carbocycles. The van der Waals surface area contributed by atoms with Gasteiger partial charge in [-0.15, -0.1) is 0 Å². The number of aromatic amines is 1. The Bertz CT molecular complexity index is 654. The molecule has 0 fully saturated rings. The molecule has 3 heteroatoms. The topological polar surface area (TPSA) is 54.7 Å². The van der Waals surface area contributed by atoms with E-state index in [0.717, 1.165) is 27.9 Å². The highest BCUT2D eigenvalue weighted by molar-refractivity contribution is 5.80. The van der Waals surface area contributed by atoms with Crippen LogP contribution < -0.4 is 5.73 Å². The molecule has 1 heterocycles. The van der Waals surface area contributed by atoms with Crippen molar-refractivity contribution < 1.29 is 0 Å². The van der Waals surface area contributed by atoms with Crippen LogP contribution in [0.4, 0.5) is 0 Å². The molecule has 0 aliphatic heterocycles. The first-order valence-corrected chi connectivity index (χ1v) is 6.26. The maximum atomic E-state index is 5.62. The summed E-state index contributed by atoms with van der Waals surface area (Å²) in [7, 11) is 0. The maximum absolute atomic E-state index is 5.62. The molecule has 3 nitrogen and oxygen atoms in total. The van der Waals surface area contributed by atoms with E-state index in [1.807, 2.05) is 24.4 Å². The van der Waals surface area contributed by atoms with Crippen molar-refractivity contribution in [2.75, 3.05) is 0 Å². The predicted octanol–water partition coefficient (Wildman–Crippen LogP) is 3.20. The molecule has 0 aliphatic carbocycles. The van der Waals surface area contributed by atoms with E-state index in [4.69, 9.17) is 5.73 Å². The van der Waals surface area contributed by atoms with Gasteiger partial charge in [0, 0.05) is 17.7 Å². The molecule has 0 atom stereocenters. The highest BCUT2D eigenvalue weighted by Crippen LogP contribution is 2.29. The van der Waals surface area contributed by atoms with Crippen LogP contribution in [0.5, 0.6) is 0 Å². The van der Waals surface area contributed by atoms with E-state index < -0.39 is 0 Å². The Balaban J connectivity index is 2.04. The molecule has 0 bridgehead atoms. The van der Waals surface area contributed by atoms with Gasteiger partial charge in [-0.3, -0.25) is 5.10 Å². The lowest BCUT2D eigenvalue weighted by Crippen LogP contribution is -1.95. The lowest BCUT2D eigenvalue weighted by Gasteiger charge is -2.04. The number of H-pyrrole nitrogens is 1. The molecule has 3 rings (SSSR count). The van der Waals surface area contributed by atoms with E-state index in [9.17, 15) is 0 Å². The standard InChI is InChI=1S/C16H15N3/c17-10-12-6-8-13(9-7-12)15-11-18-19-16(15)14-4-2-1-3-5-14/h1-9,11H,10,17H2,(H,18,19). The van der Waals surface area contributed by atoms with Gasteiger partial charge in [0.25, 0.3) is 0 Å². The van der Waals surface area contributed by atoms with Crippen molar-refractivity contribution in [3.05, 3.63) is 66.4 Å². The molecule has 1 aromatic heterocycles. The first-order chi connectivity index (χ1) is 9.38. The number of benzene rings is 2. The van der Waals surface area contributed by atoms with Crippen LogP contribution in [-0.4, -0.2) is 10.2 Å². The maximum Gasteiger partial charge on any atom is 0.0728 e. The number of hydrogen-bond donors (Lipinski definition) is 2. The van der Waals surface area contributed by atoms with Crippen molar-refractivity contribution in [2.45, 2.75) is 6.54 Å². The highest BCUT2D eigenvalue weighted by Gasteiger charge is 2.09. The van der Waals surface area contributed by atoms with Crippen LogP contribution in [0.2, 0.25) is 0 Å². The zero-order valence-electron chi connectivity index (χ0n) is 10.5. The number of nitrogens with zero attached hydrogens (tertiary/aromatic N) is 1. The van der Waals surface area contributed by atoms with Crippen LogP contribution in [0.25, 0.3) is 22.4 Å². The molecular weight excluding hydrogens is 234 g/mol.